The van der Waals surface area contributed by atoms with Crippen LogP contribution >= 0.6 is 0 Å². The van der Waals surface area contributed by atoms with Crippen molar-refractivity contribution in [3.63, 3.8) is 0 Å². The molecule has 2 aromatic heterocycles. The van der Waals surface area contributed by atoms with Crippen molar-refractivity contribution in [3.05, 3.63) is 42.4 Å². The number of ether oxygens (including phenoxy) is 5. The maximum Gasteiger partial charge on any atom is 0.256 e. The molecule has 6 rings (SSSR count). The van der Waals surface area contributed by atoms with Gasteiger partial charge in [0.1, 0.15) is 23.6 Å². The Hall–Kier alpha value is -4.37. The molecule has 280 valence electrons. The molecule has 16 nitrogen and oxygen atoms in total. The van der Waals surface area contributed by atoms with E-state index in [9.17, 15) is 5.26 Å². The number of methoxy groups -OCH3 is 1. The number of anilines is 2. The van der Waals surface area contributed by atoms with Crippen LogP contribution in [0.4, 0.5) is 11.6 Å². The molecular weight excluding hydrogens is 666 g/mol. The van der Waals surface area contributed by atoms with Crippen LogP contribution in [0.1, 0.15) is 63.5 Å². The SMILES string of the molecule is COCCOCCCOc1nn(C2CCC(N3[C@@H]4CC[C@H]3COC4)CC2)cc1Nc1ncc(-c2ccc(C#N)c(O[C@@H](C)CN(C=N)NN)c2)cn1. The zero-order valence-electron chi connectivity index (χ0n) is 30.1. The molecule has 52 heavy (non-hydrogen) atoms. The van der Waals surface area contributed by atoms with Crippen LogP contribution in [-0.2, 0) is 14.2 Å². The molecule has 3 atom stereocenters. The number of rotatable bonds is 19. The minimum absolute atomic E-state index is 0.281. The molecule has 3 aromatic rings. The van der Waals surface area contributed by atoms with Crippen molar-refractivity contribution >= 4 is 18.0 Å². The fourth-order valence-electron chi connectivity index (χ4n) is 7.43. The van der Waals surface area contributed by atoms with Gasteiger partial charge >= 0.3 is 0 Å². The summed E-state index contributed by atoms with van der Waals surface area (Å²) in [6.07, 6.45) is 13.8. The van der Waals surface area contributed by atoms with Gasteiger partial charge in [0.15, 0.2) is 0 Å². The van der Waals surface area contributed by atoms with Gasteiger partial charge in [-0.1, -0.05) is 6.07 Å². The summed E-state index contributed by atoms with van der Waals surface area (Å²) >= 11 is 0. The van der Waals surface area contributed by atoms with Gasteiger partial charge in [-0.15, -0.1) is 5.10 Å². The van der Waals surface area contributed by atoms with Crippen LogP contribution in [0, 0.1) is 16.7 Å². The molecule has 16 heteroatoms. The summed E-state index contributed by atoms with van der Waals surface area (Å²) in [6.45, 7) is 6.01. The van der Waals surface area contributed by atoms with Gasteiger partial charge < -0.3 is 29.0 Å². The van der Waals surface area contributed by atoms with Crippen molar-refractivity contribution in [1.82, 2.24) is 35.2 Å². The van der Waals surface area contributed by atoms with Gasteiger partial charge in [0.25, 0.3) is 5.88 Å². The van der Waals surface area contributed by atoms with E-state index >= 15 is 0 Å². The highest BCUT2D eigenvalue weighted by molar-refractivity contribution is 5.67. The number of morpholine rings is 1. The smallest absolute Gasteiger partial charge is 0.256 e. The third-order valence-corrected chi connectivity index (χ3v) is 10.00. The average Bonchev–Trinajstić information content (AvgIpc) is 3.69. The highest BCUT2D eigenvalue weighted by Gasteiger charge is 2.42. The van der Waals surface area contributed by atoms with Gasteiger partial charge in [-0.25, -0.2) is 9.97 Å². The number of nitrogens with two attached hydrogens (primary N) is 1. The van der Waals surface area contributed by atoms with Crippen molar-refractivity contribution < 1.29 is 23.7 Å². The molecule has 0 amide bonds. The van der Waals surface area contributed by atoms with Crippen molar-refractivity contribution in [2.24, 2.45) is 5.84 Å². The minimum Gasteiger partial charge on any atom is -0.487 e. The van der Waals surface area contributed by atoms with Gasteiger partial charge in [-0.3, -0.25) is 25.8 Å². The van der Waals surface area contributed by atoms with Gasteiger partial charge in [0.05, 0.1) is 63.7 Å². The summed E-state index contributed by atoms with van der Waals surface area (Å²) in [6, 6.07) is 9.55. The molecule has 2 bridgehead atoms. The Morgan fingerprint density at radius 3 is 2.46 bits per heavy atom. The third kappa shape index (κ3) is 9.34. The second-order valence-electron chi connectivity index (χ2n) is 13.5. The van der Waals surface area contributed by atoms with Gasteiger partial charge in [-0.05, 0) is 63.1 Å². The second kappa shape index (κ2) is 18.4. The number of hydrogen-bond donors (Lipinski definition) is 4. The van der Waals surface area contributed by atoms with Crippen molar-refractivity contribution in [1.29, 1.82) is 10.7 Å². The Labute approximate surface area is 305 Å². The normalized spacial score (nSPS) is 22.0. The lowest BCUT2D eigenvalue weighted by Gasteiger charge is -2.43. The van der Waals surface area contributed by atoms with E-state index in [4.69, 9.17) is 40.0 Å². The first-order chi connectivity index (χ1) is 25.5. The molecule has 0 spiro atoms. The van der Waals surface area contributed by atoms with Gasteiger partial charge in [-0.2, -0.15) is 10.8 Å². The molecule has 2 aliphatic heterocycles. The molecule has 3 fully saturated rings. The number of fused-ring (bicyclic) bond motifs is 2. The molecule has 1 aromatic carbocycles. The Kier molecular flexibility index (Phi) is 13.2. The van der Waals surface area contributed by atoms with Crippen LogP contribution in [0.5, 0.6) is 11.6 Å². The van der Waals surface area contributed by atoms with Gasteiger partial charge in [0.2, 0.25) is 5.95 Å². The van der Waals surface area contributed by atoms with E-state index in [1.165, 1.54) is 17.9 Å². The molecule has 1 aliphatic carbocycles. The van der Waals surface area contributed by atoms with E-state index in [1.807, 2.05) is 19.2 Å². The van der Waals surface area contributed by atoms with Crippen LogP contribution in [-0.4, -0.2) is 114 Å². The molecule has 3 aliphatic rings. The van der Waals surface area contributed by atoms with Crippen molar-refractivity contribution in [3.8, 4) is 28.8 Å². The summed E-state index contributed by atoms with van der Waals surface area (Å²) < 4.78 is 30.8. The minimum atomic E-state index is -0.363. The Balaban J connectivity index is 1.12. The molecule has 2 saturated heterocycles. The Morgan fingerprint density at radius 2 is 1.77 bits per heavy atom. The van der Waals surface area contributed by atoms with Crippen LogP contribution in [0.3, 0.4) is 0 Å². The van der Waals surface area contributed by atoms with Crippen LogP contribution in [0.2, 0.25) is 0 Å². The predicted octanol–water partition coefficient (Wildman–Crippen LogP) is 3.79. The first kappa shape index (κ1) is 37.4. The Bertz CT molecular complexity index is 1610. The summed E-state index contributed by atoms with van der Waals surface area (Å²) in [5, 5.41) is 26.7. The van der Waals surface area contributed by atoms with E-state index in [0.717, 1.165) is 56.4 Å². The number of benzene rings is 1. The molecule has 0 unspecified atom stereocenters. The highest BCUT2D eigenvalue weighted by Crippen LogP contribution is 2.39. The molecule has 1 saturated carbocycles. The first-order valence-electron chi connectivity index (χ1n) is 18.2. The second-order valence-corrected chi connectivity index (χ2v) is 13.5. The summed E-state index contributed by atoms with van der Waals surface area (Å²) in [5.41, 5.74) is 5.05. The fraction of sp³-hybridized carbons (Fsp3) is 0.583. The predicted molar refractivity (Wildman–Crippen MR) is 194 cm³/mol. The number of hydrazine groups is 2. The van der Waals surface area contributed by atoms with Crippen LogP contribution < -0.4 is 26.2 Å². The van der Waals surface area contributed by atoms with Crippen molar-refractivity contribution in [2.45, 2.75) is 82.1 Å². The maximum atomic E-state index is 9.67. The number of nitriles is 1. The van der Waals surface area contributed by atoms with Gasteiger partial charge in [0, 0.05) is 56.2 Å². The fourth-order valence-corrected chi connectivity index (χ4v) is 7.43. The van der Waals surface area contributed by atoms with Crippen molar-refractivity contribution in [2.75, 3.05) is 58.6 Å². The Morgan fingerprint density at radius 1 is 1.04 bits per heavy atom. The average molecular weight is 718 g/mol. The zero-order valence-corrected chi connectivity index (χ0v) is 30.1. The lowest BCUT2D eigenvalue weighted by molar-refractivity contribution is -0.0458. The molecule has 0 radical (unpaired) electrons. The maximum absolute atomic E-state index is 9.67. The molecule has 5 N–H and O–H groups in total. The lowest BCUT2D eigenvalue weighted by atomic mass is 9.89. The standard InChI is InChI=1S/C36H51N11O5/c1-25(20-45(24-38)44-39)52-34-16-26(4-5-27(34)17-37)28-18-40-36(41-19-28)42-33-21-46(43-35(33)51-13-3-12-49-15-14-48-2)29-6-8-30(9-7-29)47-31-10-11-32(47)23-50-22-31/h4-5,16,18-19,21,24-25,29-32,38,44H,3,6-15,20,22-23,39H2,1-2H3,(H,40,41,42)/t25-,29?,30?,31-,32+/m0/s1. The highest BCUT2D eigenvalue weighted by atomic mass is 16.5. The van der Waals surface area contributed by atoms with Crippen LogP contribution in [0.15, 0.2) is 36.8 Å². The quantitative estimate of drug-likeness (QED) is 0.0460. The largest absolute Gasteiger partial charge is 0.487 e. The monoisotopic (exact) mass is 717 g/mol. The van der Waals surface area contributed by atoms with E-state index < -0.39 is 0 Å². The number of hydrogen-bond acceptors (Lipinski definition) is 14. The van der Waals surface area contributed by atoms with E-state index in [1.54, 1.807) is 31.6 Å². The molecular formula is C36H51N11O5. The third-order valence-electron chi connectivity index (χ3n) is 10.00. The zero-order chi connectivity index (χ0) is 36.3. The van der Waals surface area contributed by atoms with E-state index in [2.05, 4.69) is 36.5 Å². The lowest BCUT2D eigenvalue weighted by Crippen LogP contribution is -2.52. The molecule has 4 heterocycles. The number of aromatic nitrogens is 4. The number of nitrogens with zero attached hydrogens (tertiary/aromatic N) is 7. The number of nitrogens with one attached hydrogen (secondary N) is 3. The summed E-state index contributed by atoms with van der Waals surface area (Å²) in [4.78, 5) is 12.0. The summed E-state index contributed by atoms with van der Waals surface area (Å²) in [5.74, 6) is 6.77. The summed E-state index contributed by atoms with van der Waals surface area (Å²) in [7, 11) is 1.66. The van der Waals surface area contributed by atoms with E-state index in [0.29, 0.717) is 86.3 Å². The van der Waals surface area contributed by atoms with E-state index in [-0.39, 0.29) is 12.1 Å². The van der Waals surface area contributed by atoms with Crippen LogP contribution in [0.25, 0.3) is 11.1 Å². The first-order valence-corrected chi connectivity index (χ1v) is 18.2. The topological polar surface area (TPSA) is 194 Å².